The van der Waals surface area contributed by atoms with Crippen LogP contribution >= 0.6 is 11.3 Å². The average molecular weight is 625 g/mol. The first-order chi connectivity index (χ1) is 20.7. The number of likely N-dealkylation sites (N-methyl/N-ethyl adjacent to an activating group) is 1. The van der Waals surface area contributed by atoms with Gasteiger partial charge >= 0.3 is 6.09 Å². The number of carbonyl (C=O) groups excluding carboxylic acids is 2. The average Bonchev–Trinajstić information content (AvgIpc) is 3.64. The largest absolute Gasteiger partial charge is 0.496 e. The van der Waals surface area contributed by atoms with Crippen LogP contribution in [0.2, 0.25) is 0 Å². The number of anilines is 1. The fourth-order valence-corrected chi connectivity index (χ4v) is 8.88. The molecule has 0 aliphatic carbocycles. The summed E-state index contributed by atoms with van der Waals surface area (Å²) in [5.41, 5.74) is -0.604. The van der Waals surface area contributed by atoms with Crippen LogP contribution in [-0.2, 0) is 25.2 Å². The maximum Gasteiger partial charge on any atom is 0.411 e. The Morgan fingerprint density at radius 3 is 2.35 bits per heavy atom. The van der Waals surface area contributed by atoms with Crippen LogP contribution in [0.25, 0.3) is 0 Å². The summed E-state index contributed by atoms with van der Waals surface area (Å²) in [5.74, 6) is -0.577. The van der Waals surface area contributed by atoms with Gasteiger partial charge in [-0.05, 0) is 56.5 Å². The van der Waals surface area contributed by atoms with Crippen LogP contribution in [0.1, 0.15) is 29.5 Å². The predicted octanol–water partition coefficient (Wildman–Crippen LogP) is 3.89. The molecule has 43 heavy (non-hydrogen) atoms. The van der Waals surface area contributed by atoms with Crippen LogP contribution < -0.4 is 9.04 Å². The highest BCUT2D eigenvalue weighted by atomic mass is 32.2. The molecule has 12 heteroatoms. The first-order valence-electron chi connectivity index (χ1n) is 14.4. The van der Waals surface area contributed by atoms with Crippen molar-refractivity contribution in [1.82, 2.24) is 14.7 Å². The van der Waals surface area contributed by atoms with E-state index in [1.807, 2.05) is 6.92 Å². The van der Waals surface area contributed by atoms with Crippen LogP contribution in [0, 0.1) is 6.92 Å². The number of ether oxygens (including phenoxy) is 2. The molecule has 3 aliphatic heterocycles. The molecule has 2 saturated heterocycles. The normalized spacial score (nSPS) is 22.1. The highest BCUT2D eigenvalue weighted by Gasteiger charge is 2.61. The summed E-state index contributed by atoms with van der Waals surface area (Å²) < 4.78 is 40.7. The van der Waals surface area contributed by atoms with Gasteiger partial charge in [0.1, 0.15) is 9.96 Å². The molecule has 1 unspecified atom stereocenters. The van der Waals surface area contributed by atoms with E-state index in [0.29, 0.717) is 24.9 Å². The third-order valence-electron chi connectivity index (χ3n) is 8.73. The number of likely N-dealkylation sites (tertiary alicyclic amines) is 1. The predicted molar refractivity (Wildman–Crippen MR) is 164 cm³/mol. The maximum atomic E-state index is 14.7. The summed E-state index contributed by atoms with van der Waals surface area (Å²) in [7, 11) is -0.710. The molecule has 2 amide bonds. The number of thiophene rings is 1. The number of sulfonamides is 1. The first-order valence-corrected chi connectivity index (χ1v) is 16.8. The van der Waals surface area contributed by atoms with Gasteiger partial charge in [-0.2, -0.15) is 12.7 Å². The number of para-hydroxylation sites is 1. The lowest BCUT2D eigenvalue weighted by atomic mass is 9.85. The number of rotatable bonds is 6. The monoisotopic (exact) mass is 624 g/mol. The van der Waals surface area contributed by atoms with E-state index in [0.717, 1.165) is 60.2 Å². The topological polar surface area (TPSA) is 99.7 Å². The van der Waals surface area contributed by atoms with Gasteiger partial charge in [-0.15, -0.1) is 11.3 Å². The van der Waals surface area contributed by atoms with E-state index in [9.17, 15) is 18.0 Å². The number of amides is 2. The van der Waals surface area contributed by atoms with Gasteiger partial charge in [0.15, 0.2) is 0 Å². The minimum atomic E-state index is -4.31. The Hall–Kier alpha value is -3.45. The standard InChI is InChI=1S/C31H36N4O6S2/c1-22-10-11-26-25(21-22)31(24-7-4-5-8-27(24)40-3,29(36)35(26)43(38,39)28-9-6-20-42-28)41-30(37)34-14-12-23(13-15-34)33-18-16-32(2)17-19-33/h4-11,20-21,23H,12-19H2,1-3H3. The maximum absolute atomic E-state index is 14.7. The molecule has 3 aromatic rings. The summed E-state index contributed by atoms with van der Waals surface area (Å²) in [4.78, 5) is 35.1. The van der Waals surface area contributed by atoms with Gasteiger partial charge in [-0.3, -0.25) is 9.69 Å². The number of piperazine rings is 1. The number of hydrogen-bond donors (Lipinski definition) is 0. The minimum absolute atomic E-state index is 0.0144. The van der Waals surface area contributed by atoms with Crippen molar-refractivity contribution in [2.24, 2.45) is 0 Å². The van der Waals surface area contributed by atoms with Crippen LogP contribution in [0.5, 0.6) is 5.75 Å². The van der Waals surface area contributed by atoms with Gasteiger partial charge < -0.3 is 19.3 Å². The Balaban J connectivity index is 1.39. The smallest absolute Gasteiger partial charge is 0.411 e. The molecule has 228 valence electrons. The Kier molecular flexibility index (Phi) is 7.97. The third kappa shape index (κ3) is 5.09. The zero-order chi connectivity index (χ0) is 30.4. The molecule has 0 spiro atoms. The molecule has 0 N–H and O–H groups in total. The highest BCUT2D eigenvalue weighted by Crippen LogP contribution is 2.52. The number of piperidine rings is 1. The molecule has 1 aromatic heterocycles. The third-order valence-corrected chi connectivity index (χ3v) is 11.8. The molecule has 10 nitrogen and oxygen atoms in total. The van der Waals surface area contributed by atoms with E-state index < -0.39 is 27.6 Å². The zero-order valence-electron chi connectivity index (χ0n) is 24.6. The molecule has 2 fully saturated rings. The minimum Gasteiger partial charge on any atom is -0.496 e. The van der Waals surface area contributed by atoms with Crippen molar-refractivity contribution >= 4 is 39.0 Å². The summed E-state index contributed by atoms with van der Waals surface area (Å²) in [5, 5.41) is 1.64. The molecular formula is C31H36N4O6S2. The van der Waals surface area contributed by atoms with Gasteiger partial charge in [-0.1, -0.05) is 35.9 Å². The lowest BCUT2D eigenvalue weighted by Crippen LogP contribution is -2.54. The molecule has 0 radical (unpaired) electrons. The summed E-state index contributed by atoms with van der Waals surface area (Å²) in [6, 6.07) is 15.3. The van der Waals surface area contributed by atoms with E-state index in [-0.39, 0.29) is 21.0 Å². The van der Waals surface area contributed by atoms with E-state index in [1.54, 1.807) is 58.8 Å². The quantitative estimate of drug-likeness (QED) is 0.408. The number of hydrogen-bond acceptors (Lipinski definition) is 9. The number of carbonyl (C=O) groups is 2. The molecule has 1 atom stereocenters. The summed E-state index contributed by atoms with van der Waals surface area (Å²) >= 11 is 1.02. The Bertz CT molecular complexity index is 1610. The SMILES string of the molecule is COc1ccccc1C1(OC(=O)N2CCC(N3CCN(C)CC3)CC2)C(=O)N(S(=O)(=O)c2cccs2)c2ccc(C)cc21. The fourth-order valence-electron chi connectivity index (χ4n) is 6.36. The van der Waals surface area contributed by atoms with Crippen molar-refractivity contribution in [2.75, 3.05) is 57.7 Å². The lowest BCUT2D eigenvalue weighted by Gasteiger charge is -2.42. The number of methoxy groups -OCH3 is 1. The van der Waals surface area contributed by atoms with E-state index >= 15 is 0 Å². The van der Waals surface area contributed by atoms with Crippen molar-refractivity contribution in [3.63, 3.8) is 0 Å². The second-order valence-electron chi connectivity index (χ2n) is 11.3. The number of aryl methyl sites for hydroxylation is 1. The van der Waals surface area contributed by atoms with Gasteiger partial charge in [0.2, 0.25) is 5.60 Å². The van der Waals surface area contributed by atoms with Crippen molar-refractivity contribution < 1.29 is 27.5 Å². The van der Waals surface area contributed by atoms with Crippen LogP contribution in [-0.4, -0.2) is 94.6 Å². The van der Waals surface area contributed by atoms with E-state index in [4.69, 9.17) is 9.47 Å². The zero-order valence-corrected chi connectivity index (χ0v) is 26.2. The van der Waals surface area contributed by atoms with E-state index in [1.165, 1.54) is 13.2 Å². The molecule has 3 aliphatic rings. The van der Waals surface area contributed by atoms with Crippen molar-refractivity contribution in [2.45, 2.75) is 35.6 Å². The molecule has 4 heterocycles. The molecule has 2 aromatic carbocycles. The highest BCUT2D eigenvalue weighted by molar-refractivity contribution is 7.95. The molecule has 0 bridgehead atoms. The molecule has 6 rings (SSSR count). The van der Waals surface area contributed by atoms with Gasteiger partial charge in [0, 0.05) is 50.9 Å². The number of nitrogens with zero attached hydrogens (tertiary/aromatic N) is 4. The first kappa shape index (κ1) is 29.6. The van der Waals surface area contributed by atoms with Crippen LogP contribution in [0.4, 0.5) is 10.5 Å². The Morgan fingerprint density at radius 1 is 0.953 bits per heavy atom. The lowest BCUT2D eigenvalue weighted by molar-refractivity contribution is -0.132. The summed E-state index contributed by atoms with van der Waals surface area (Å²) in [6.07, 6.45) is 0.922. The van der Waals surface area contributed by atoms with Crippen LogP contribution in [0.3, 0.4) is 0 Å². The molecular weight excluding hydrogens is 588 g/mol. The fraction of sp³-hybridized carbons (Fsp3) is 0.419. The van der Waals surface area contributed by atoms with Crippen molar-refractivity contribution in [3.05, 3.63) is 76.7 Å². The van der Waals surface area contributed by atoms with Crippen molar-refractivity contribution in [3.8, 4) is 5.75 Å². The summed E-state index contributed by atoms with van der Waals surface area (Å²) in [6.45, 7) is 6.85. The Labute approximate surface area is 256 Å². The number of fused-ring (bicyclic) bond motifs is 1. The van der Waals surface area contributed by atoms with Gasteiger partial charge in [0.25, 0.3) is 15.9 Å². The van der Waals surface area contributed by atoms with Crippen molar-refractivity contribution in [1.29, 1.82) is 0 Å². The van der Waals surface area contributed by atoms with E-state index in [2.05, 4.69) is 16.8 Å². The van der Waals surface area contributed by atoms with Gasteiger partial charge in [0.05, 0.1) is 18.4 Å². The molecule has 0 saturated carbocycles. The Morgan fingerprint density at radius 2 is 1.67 bits per heavy atom. The number of benzene rings is 2. The van der Waals surface area contributed by atoms with Gasteiger partial charge in [-0.25, -0.2) is 4.79 Å². The second kappa shape index (κ2) is 11.6. The van der Waals surface area contributed by atoms with Crippen LogP contribution in [0.15, 0.2) is 64.2 Å². The second-order valence-corrected chi connectivity index (χ2v) is 14.3.